The van der Waals surface area contributed by atoms with Crippen molar-refractivity contribution in [3.8, 4) is 22.3 Å². The summed E-state index contributed by atoms with van der Waals surface area (Å²) in [6.07, 6.45) is 6.18. The Hall–Kier alpha value is -3.32. The van der Waals surface area contributed by atoms with E-state index in [1.165, 1.54) is 0 Å². The number of hydrogen-bond acceptors (Lipinski definition) is 6. The second-order valence-corrected chi connectivity index (χ2v) is 7.31. The van der Waals surface area contributed by atoms with Crippen molar-refractivity contribution < 1.29 is 4.79 Å². The van der Waals surface area contributed by atoms with Gasteiger partial charge in [-0.05, 0) is 29.7 Å². The highest BCUT2D eigenvalue weighted by molar-refractivity contribution is 7.16. The minimum Gasteiger partial charge on any atom is -0.383 e. The Morgan fingerprint density at radius 1 is 1.00 bits per heavy atom. The zero-order valence-electron chi connectivity index (χ0n) is 14.3. The van der Waals surface area contributed by atoms with Crippen LogP contribution in [0.5, 0.6) is 0 Å². The lowest BCUT2D eigenvalue weighted by Gasteiger charge is -2.18. The number of thiazole rings is 1. The maximum atomic E-state index is 12.0. The second kappa shape index (κ2) is 6.14. The number of nitrogen functional groups attached to an aromatic ring is 1. The number of carbonyl (C=O) groups excluding carboxylic acids is 1. The predicted molar refractivity (Wildman–Crippen MR) is 107 cm³/mol. The zero-order chi connectivity index (χ0) is 18.4. The molecule has 6 nitrogen and oxygen atoms in total. The molecule has 0 fully saturated rings. The molecule has 7 heteroatoms. The number of nitrogens with zero attached hydrogens (tertiary/aromatic N) is 3. The van der Waals surface area contributed by atoms with Gasteiger partial charge in [-0.2, -0.15) is 0 Å². The monoisotopic (exact) mass is 373 g/mol. The van der Waals surface area contributed by atoms with Crippen LogP contribution in [0.1, 0.15) is 15.9 Å². The van der Waals surface area contributed by atoms with Gasteiger partial charge in [0.25, 0.3) is 5.91 Å². The number of nitrogens with two attached hydrogens (primary N) is 1. The number of benzene rings is 1. The van der Waals surface area contributed by atoms with Crippen molar-refractivity contribution in [2.24, 2.45) is 0 Å². The van der Waals surface area contributed by atoms with Crippen molar-refractivity contribution in [3.63, 3.8) is 0 Å². The van der Waals surface area contributed by atoms with Crippen LogP contribution < -0.4 is 11.1 Å². The second-order valence-electron chi connectivity index (χ2n) is 6.42. The van der Waals surface area contributed by atoms with Crippen LogP contribution in [0.2, 0.25) is 0 Å². The van der Waals surface area contributed by atoms with Crippen molar-refractivity contribution >= 4 is 33.3 Å². The van der Waals surface area contributed by atoms with Gasteiger partial charge in [-0.1, -0.05) is 12.1 Å². The van der Waals surface area contributed by atoms with E-state index >= 15 is 0 Å². The molecule has 27 heavy (non-hydrogen) atoms. The molecule has 4 heterocycles. The van der Waals surface area contributed by atoms with Gasteiger partial charge in [0, 0.05) is 47.4 Å². The molecule has 132 valence electrons. The van der Waals surface area contributed by atoms with Crippen molar-refractivity contribution in [1.29, 1.82) is 0 Å². The molecule has 0 atom stereocenters. The van der Waals surface area contributed by atoms with Crippen LogP contribution in [-0.4, -0.2) is 27.4 Å². The van der Waals surface area contributed by atoms with Crippen molar-refractivity contribution in [1.82, 2.24) is 20.3 Å². The van der Waals surface area contributed by atoms with Gasteiger partial charge in [0.1, 0.15) is 5.82 Å². The summed E-state index contributed by atoms with van der Waals surface area (Å²) in [4.78, 5) is 25.2. The quantitative estimate of drug-likeness (QED) is 0.562. The highest BCUT2D eigenvalue weighted by Gasteiger charge is 2.18. The SMILES string of the molecule is Nc1ncc(-c2cncc3scnc23)cc1-c1ccc2c(c1)CCNC2=O. The summed E-state index contributed by atoms with van der Waals surface area (Å²) in [6.45, 7) is 0.653. The fourth-order valence-corrected chi connectivity index (χ4v) is 4.12. The lowest BCUT2D eigenvalue weighted by atomic mass is 9.94. The normalized spacial score (nSPS) is 13.4. The lowest BCUT2D eigenvalue weighted by Crippen LogP contribution is -2.31. The smallest absolute Gasteiger partial charge is 0.251 e. The summed E-state index contributed by atoms with van der Waals surface area (Å²) in [7, 11) is 0. The third kappa shape index (κ3) is 2.63. The molecule has 0 unspecified atom stereocenters. The third-order valence-electron chi connectivity index (χ3n) is 4.82. The number of carbonyl (C=O) groups is 1. The van der Waals surface area contributed by atoms with Gasteiger partial charge >= 0.3 is 0 Å². The summed E-state index contributed by atoms with van der Waals surface area (Å²) in [5.74, 6) is 0.432. The number of fused-ring (bicyclic) bond motifs is 2. The van der Waals surface area contributed by atoms with E-state index in [2.05, 4.69) is 20.3 Å². The lowest BCUT2D eigenvalue weighted by molar-refractivity contribution is 0.0946. The Bertz CT molecular complexity index is 1200. The molecule has 3 N–H and O–H groups in total. The number of aromatic nitrogens is 3. The molecule has 0 bridgehead atoms. The fraction of sp³-hybridized carbons (Fsp3) is 0.100. The fourth-order valence-electron chi connectivity index (χ4n) is 3.45. The molecule has 3 aromatic heterocycles. The van der Waals surface area contributed by atoms with E-state index in [-0.39, 0.29) is 5.91 Å². The summed E-state index contributed by atoms with van der Waals surface area (Å²) in [5, 5.41) is 2.87. The average Bonchev–Trinajstić information content (AvgIpc) is 3.17. The van der Waals surface area contributed by atoms with E-state index in [0.29, 0.717) is 12.4 Å². The van der Waals surface area contributed by atoms with Crippen LogP contribution in [0.15, 0.2) is 48.4 Å². The number of hydrogen-bond donors (Lipinski definition) is 2. The summed E-state index contributed by atoms with van der Waals surface area (Å²) in [5.41, 5.74) is 14.3. The molecule has 0 spiro atoms. The molecular formula is C20H15N5OS. The van der Waals surface area contributed by atoms with Crippen LogP contribution in [0.3, 0.4) is 0 Å². The van der Waals surface area contributed by atoms with Crippen LogP contribution in [-0.2, 0) is 6.42 Å². The number of rotatable bonds is 2. The molecule has 5 rings (SSSR count). The van der Waals surface area contributed by atoms with E-state index in [4.69, 9.17) is 5.73 Å². The predicted octanol–water partition coefficient (Wildman–Crippen LogP) is 3.29. The van der Waals surface area contributed by atoms with E-state index in [1.807, 2.05) is 36.0 Å². The van der Waals surface area contributed by atoms with Gasteiger partial charge < -0.3 is 11.1 Å². The number of pyridine rings is 2. The minimum absolute atomic E-state index is 0.0241. The Balaban J connectivity index is 1.65. The van der Waals surface area contributed by atoms with Crippen molar-refractivity contribution in [2.75, 3.05) is 12.3 Å². The summed E-state index contributed by atoms with van der Waals surface area (Å²) >= 11 is 1.56. The van der Waals surface area contributed by atoms with Crippen LogP contribution in [0.25, 0.3) is 32.5 Å². The third-order valence-corrected chi connectivity index (χ3v) is 5.58. The average molecular weight is 373 g/mol. The molecule has 0 radical (unpaired) electrons. The standard InChI is InChI=1S/C20H15N5OS/c21-19-15(11-1-2-14-12(5-11)3-4-23-20(14)26)6-13(7-24-19)16-8-22-9-17-18(16)25-10-27-17/h1-2,5-10H,3-4H2,(H2,21,24)(H,23,26). The van der Waals surface area contributed by atoms with Crippen LogP contribution in [0.4, 0.5) is 5.82 Å². The Morgan fingerprint density at radius 3 is 2.85 bits per heavy atom. The Morgan fingerprint density at radius 2 is 1.93 bits per heavy atom. The maximum absolute atomic E-state index is 12.0. The minimum atomic E-state index is -0.0241. The first-order valence-corrected chi connectivity index (χ1v) is 9.43. The number of amides is 1. The van der Waals surface area contributed by atoms with Crippen molar-refractivity contribution in [3.05, 3.63) is 59.5 Å². The van der Waals surface area contributed by atoms with Gasteiger partial charge in [-0.25, -0.2) is 9.97 Å². The van der Waals surface area contributed by atoms with E-state index in [0.717, 1.165) is 50.0 Å². The Labute approximate surface area is 159 Å². The summed E-state index contributed by atoms with van der Waals surface area (Å²) in [6, 6.07) is 7.83. The highest BCUT2D eigenvalue weighted by atomic mass is 32.1. The first-order valence-electron chi connectivity index (χ1n) is 8.55. The number of nitrogens with one attached hydrogen (secondary N) is 1. The highest BCUT2D eigenvalue weighted by Crippen LogP contribution is 2.34. The molecule has 1 amide bonds. The van der Waals surface area contributed by atoms with Crippen molar-refractivity contribution in [2.45, 2.75) is 6.42 Å². The molecule has 0 saturated carbocycles. The van der Waals surface area contributed by atoms with Crippen LogP contribution >= 0.6 is 11.3 Å². The van der Waals surface area contributed by atoms with Gasteiger partial charge in [0.15, 0.2) is 0 Å². The first kappa shape index (κ1) is 15.9. The summed E-state index contributed by atoms with van der Waals surface area (Å²) < 4.78 is 1.03. The molecule has 4 aromatic rings. The first-order chi connectivity index (χ1) is 13.2. The molecule has 1 aliphatic heterocycles. The zero-order valence-corrected chi connectivity index (χ0v) is 15.1. The van der Waals surface area contributed by atoms with Gasteiger partial charge in [0.05, 0.1) is 15.7 Å². The molecular weight excluding hydrogens is 358 g/mol. The van der Waals surface area contributed by atoms with Crippen LogP contribution in [0, 0.1) is 0 Å². The molecule has 0 aliphatic carbocycles. The molecule has 1 aromatic carbocycles. The van der Waals surface area contributed by atoms with E-state index < -0.39 is 0 Å². The van der Waals surface area contributed by atoms with Gasteiger partial charge in [-0.15, -0.1) is 11.3 Å². The Kier molecular flexibility index (Phi) is 3.61. The largest absolute Gasteiger partial charge is 0.383 e. The molecule has 1 aliphatic rings. The number of anilines is 1. The van der Waals surface area contributed by atoms with E-state index in [9.17, 15) is 4.79 Å². The topological polar surface area (TPSA) is 93.8 Å². The van der Waals surface area contributed by atoms with E-state index in [1.54, 1.807) is 23.7 Å². The van der Waals surface area contributed by atoms with Gasteiger partial charge in [0.2, 0.25) is 0 Å². The maximum Gasteiger partial charge on any atom is 0.251 e. The molecule has 0 saturated heterocycles. The van der Waals surface area contributed by atoms with Gasteiger partial charge in [-0.3, -0.25) is 9.78 Å².